The molecular weight excluding hydrogens is 256 g/mol. The van der Waals surface area contributed by atoms with Crippen LogP contribution in [0.5, 0.6) is 0 Å². The van der Waals surface area contributed by atoms with E-state index in [-0.39, 0.29) is 6.10 Å². The molecule has 0 spiro atoms. The highest BCUT2D eigenvalue weighted by Gasteiger charge is 2.13. The molecule has 0 aliphatic carbocycles. The summed E-state index contributed by atoms with van der Waals surface area (Å²) < 4.78 is 5.49. The van der Waals surface area contributed by atoms with Gasteiger partial charge in [0.2, 0.25) is 0 Å². The third-order valence-electron chi connectivity index (χ3n) is 2.58. The number of hydrogen-bond donors (Lipinski definition) is 0. The molecule has 0 atom stereocenters. The van der Waals surface area contributed by atoms with Crippen molar-refractivity contribution < 1.29 is 4.74 Å². The predicted octanol–water partition coefficient (Wildman–Crippen LogP) is 3.89. The maximum Gasteiger partial charge on any atom is 0.157 e. The van der Waals surface area contributed by atoms with Crippen LogP contribution in [-0.2, 0) is 11.3 Å². The first-order chi connectivity index (χ1) is 7.99. The van der Waals surface area contributed by atoms with Crippen molar-refractivity contribution in [2.45, 2.75) is 40.4 Å². The summed E-state index contributed by atoms with van der Waals surface area (Å²) in [5.74, 6) is 0.650. The molecule has 0 bridgehead atoms. The number of fused-ring (bicyclic) bond motifs is 1. The Morgan fingerprint density at radius 3 is 2.65 bits per heavy atom. The molecule has 0 aromatic carbocycles. The molecule has 0 fully saturated rings. The van der Waals surface area contributed by atoms with Gasteiger partial charge in [0.15, 0.2) is 5.82 Å². The van der Waals surface area contributed by atoms with Crippen LogP contribution >= 0.6 is 22.9 Å². The molecule has 0 N–H and O–H groups in total. The van der Waals surface area contributed by atoms with Crippen LogP contribution in [0.15, 0.2) is 0 Å². The van der Waals surface area contributed by atoms with Gasteiger partial charge in [-0.15, -0.1) is 11.3 Å². The molecule has 2 heterocycles. The lowest BCUT2D eigenvalue weighted by atomic mass is 10.2. The number of aromatic nitrogens is 2. The van der Waals surface area contributed by atoms with E-state index in [0.717, 1.165) is 10.2 Å². The van der Waals surface area contributed by atoms with Crippen molar-refractivity contribution in [1.29, 1.82) is 0 Å². The van der Waals surface area contributed by atoms with Crippen LogP contribution in [0.2, 0.25) is 5.15 Å². The SMILES string of the molecule is Cc1sc2nc(COC(C)C)nc(Cl)c2c1C. The van der Waals surface area contributed by atoms with Crippen molar-refractivity contribution in [2.24, 2.45) is 0 Å². The molecule has 0 saturated carbocycles. The summed E-state index contributed by atoms with van der Waals surface area (Å²) in [4.78, 5) is 11.0. The molecule has 92 valence electrons. The molecule has 2 aromatic rings. The third kappa shape index (κ3) is 2.59. The highest BCUT2D eigenvalue weighted by Crippen LogP contribution is 2.32. The topological polar surface area (TPSA) is 35.0 Å². The van der Waals surface area contributed by atoms with Crippen molar-refractivity contribution >= 4 is 33.2 Å². The molecule has 0 aliphatic heterocycles. The van der Waals surface area contributed by atoms with Gasteiger partial charge in [-0.05, 0) is 33.3 Å². The smallest absolute Gasteiger partial charge is 0.157 e. The Balaban J connectivity index is 2.42. The number of hydrogen-bond acceptors (Lipinski definition) is 4. The summed E-state index contributed by atoms with van der Waals surface area (Å²) >= 11 is 7.85. The molecule has 2 aromatic heterocycles. The molecular formula is C12H15ClN2OS. The number of ether oxygens (including phenoxy) is 1. The number of nitrogens with zero attached hydrogens (tertiary/aromatic N) is 2. The van der Waals surface area contributed by atoms with Gasteiger partial charge in [-0.3, -0.25) is 0 Å². The van der Waals surface area contributed by atoms with E-state index in [2.05, 4.69) is 16.9 Å². The quantitative estimate of drug-likeness (QED) is 0.794. The first-order valence-electron chi connectivity index (χ1n) is 5.52. The normalized spacial score (nSPS) is 11.6. The fourth-order valence-electron chi connectivity index (χ4n) is 1.55. The molecule has 0 unspecified atom stereocenters. The fourth-order valence-corrected chi connectivity index (χ4v) is 2.98. The molecule has 3 nitrogen and oxygen atoms in total. The maximum atomic E-state index is 6.20. The van der Waals surface area contributed by atoms with Gasteiger partial charge in [-0.1, -0.05) is 11.6 Å². The van der Waals surface area contributed by atoms with Gasteiger partial charge in [0.25, 0.3) is 0 Å². The Bertz CT molecular complexity index is 551. The van der Waals surface area contributed by atoms with E-state index >= 15 is 0 Å². The van der Waals surface area contributed by atoms with Crippen LogP contribution in [0.1, 0.15) is 30.1 Å². The monoisotopic (exact) mass is 270 g/mol. The van der Waals surface area contributed by atoms with Crippen LogP contribution in [-0.4, -0.2) is 16.1 Å². The van der Waals surface area contributed by atoms with E-state index in [0.29, 0.717) is 17.6 Å². The average Bonchev–Trinajstić information content (AvgIpc) is 2.52. The van der Waals surface area contributed by atoms with Crippen LogP contribution in [0.25, 0.3) is 10.2 Å². The van der Waals surface area contributed by atoms with Gasteiger partial charge in [0.1, 0.15) is 16.6 Å². The van der Waals surface area contributed by atoms with E-state index in [1.807, 2.05) is 20.8 Å². The zero-order valence-corrected chi connectivity index (χ0v) is 11.9. The second-order valence-electron chi connectivity index (χ2n) is 4.25. The van der Waals surface area contributed by atoms with Crippen molar-refractivity contribution in [3.05, 3.63) is 21.4 Å². The van der Waals surface area contributed by atoms with E-state index in [4.69, 9.17) is 16.3 Å². The highest BCUT2D eigenvalue weighted by molar-refractivity contribution is 7.18. The Labute approximate surface area is 110 Å². The van der Waals surface area contributed by atoms with Gasteiger partial charge in [0.05, 0.1) is 11.5 Å². The number of aryl methyl sites for hydroxylation is 2. The maximum absolute atomic E-state index is 6.20. The molecule has 17 heavy (non-hydrogen) atoms. The van der Waals surface area contributed by atoms with Gasteiger partial charge < -0.3 is 4.74 Å². The Kier molecular flexibility index (Phi) is 3.66. The lowest BCUT2D eigenvalue weighted by Gasteiger charge is -2.06. The van der Waals surface area contributed by atoms with Gasteiger partial charge in [-0.25, -0.2) is 9.97 Å². The first-order valence-corrected chi connectivity index (χ1v) is 6.72. The first kappa shape index (κ1) is 12.7. The molecule has 0 radical (unpaired) electrons. The molecule has 5 heteroatoms. The number of rotatable bonds is 3. The Morgan fingerprint density at radius 1 is 1.29 bits per heavy atom. The van der Waals surface area contributed by atoms with Crippen molar-refractivity contribution in [2.75, 3.05) is 0 Å². The molecule has 0 saturated heterocycles. The van der Waals surface area contributed by atoms with Crippen LogP contribution in [0.4, 0.5) is 0 Å². The molecule has 0 aliphatic rings. The number of halogens is 1. The summed E-state index contributed by atoms with van der Waals surface area (Å²) in [5.41, 5.74) is 1.17. The summed E-state index contributed by atoms with van der Waals surface area (Å²) in [6.07, 6.45) is 0.167. The van der Waals surface area contributed by atoms with Crippen molar-refractivity contribution in [1.82, 2.24) is 9.97 Å². The standard InChI is InChI=1S/C12H15ClN2OS/c1-6(2)16-5-9-14-11(13)10-7(3)8(4)17-12(10)15-9/h6H,5H2,1-4H3. The minimum atomic E-state index is 0.167. The van der Waals surface area contributed by atoms with E-state index < -0.39 is 0 Å². The summed E-state index contributed by atoms with van der Waals surface area (Å²) in [6, 6.07) is 0. The summed E-state index contributed by atoms with van der Waals surface area (Å²) in [7, 11) is 0. The van der Waals surface area contributed by atoms with E-state index in [9.17, 15) is 0 Å². The second-order valence-corrected chi connectivity index (χ2v) is 5.82. The summed E-state index contributed by atoms with van der Waals surface area (Å²) in [5, 5.41) is 1.50. The average molecular weight is 271 g/mol. The van der Waals surface area contributed by atoms with E-state index in [1.165, 1.54) is 10.4 Å². The number of thiophene rings is 1. The predicted molar refractivity (Wildman–Crippen MR) is 71.8 cm³/mol. The van der Waals surface area contributed by atoms with Gasteiger partial charge >= 0.3 is 0 Å². The van der Waals surface area contributed by atoms with Gasteiger partial charge in [0, 0.05) is 4.88 Å². The zero-order valence-electron chi connectivity index (χ0n) is 10.4. The lowest BCUT2D eigenvalue weighted by Crippen LogP contribution is -2.05. The van der Waals surface area contributed by atoms with Crippen LogP contribution in [0, 0.1) is 13.8 Å². The highest BCUT2D eigenvalue weighted by atomic mass is 35.5. The Morgan fingerprint density at radius 2 is 2.00 bits per heavy atom. The van der Waals surface area contributed by atoms with E-state index in [1.54, 1.807) is 11.3 Å². The fraction of sp³-hybridized carbons (Fsp3) is 0.500. The van der Waals surface area contributed by atoms with Crippen molar-refractivity contribution in [3.63, 3.8) is 0 Å². The second kappa shape index (κ2) is 4.88. The van der Waals surface area contributed by atoms with Crippen LogP contribution in [0.3, 0.4) is 0 Å². The lowest BCUT2D eigenvalue weighted by molar-refractivity contribution is 0.0615. The molecule has 0 amide bonds. The minimum Gasteiger partial charge on any atom is -0.371 e. The largest absolute Gasteiger partial charge is 0.371 e. The van der Waals surface area contributed by atoms with Crippen molar-refractivity contribution in [3.8, 4) is 0 Å². The summed E-state index contributed by atoms with van der Waals surface area (Å²) in [6.45, 7) is 8.50. The minimum absolute atomic E-state index is 0.167. The molecule has 2 rings (SSSR count). The zero-order chi connectivity index (χ0) is 12.6. The van der Waals surface area contributed by atoms with Crippen LogP contribution < -0.4 is 0 Å². The Hall–Kier alpha value is -0.710. The third-order valence-corrected chi connectivity index (χ3v) is 3.95. The van der Waals surface area contributed by atoms with Gasteiger partial charge in [-0.2, -0.15) is 0 Å².